The molecule has 1 aliphatic heterocycles. The largest absolute Gasteiger partial charge is 0.477 e. The number of carbonyl (C=O) groups is 1. The molecule has 4 heteroatoms. The van der Waals surface area contributed by atoms with E-state index < -0.39 is 5.97 Å². The number of ether oxygens (including phenoxy) is 1. The van der Waals surface area contributed by atoms with E-state index in [-0.39, 0.29) is 0 Å². The molecule has 0 atom stereocenters. The van der Waals surface area contributed by atoms with Crippen molar-refractivity contribution in [3.63, 3.8) is 0 Å². The highest BCUT2D eigenvalue weighted by Gasteiger charge is 2.15. The highest BCUT2D eigenvalue weighted by Crippen LogP contribution is 2.25. The third kappa shape index (κ3) is 1.73. The van der Waals surface area contributed by atoms with Gasteiger partial charge in [-0.05, 0) is 18.1 Å². The molecule has 0 saturated heterocycles. The summed E-state index contributed by atoms with van der Waals surface area (Å²) >= 11 is 1.38. The number of hydrogen-bond donors (Lipinski definition) is 1. The predicted molar refractivity (Wildman–Crippen MR) is 49.5 cm³/mol. The Bertz CT molecular complexity index is 306. The summed E-state index contributed by atoms with van der Waals surface area (Å²) in [5.41, 5.74) is 1.15. The van der Waals surface area contributed by atoms with Gasteiger partial charge in [-0.25, -0.2) is 4.79 Å². The molecule has 0 radical (unpaired) electrons. The molecule has 0 unspecified atom stereocenters. The van der Waals surface area contributed by atoms with E-state index >= 15 is 0 Å². The fraction of sp³-hybridized carbons (Fsp3) is 0.444. The summed E-state index contributed by atoms with van der Waals surface area (Å²) in [4.78, 5) is 12.3. The van der Waals surface area contributed by atoms with Gasteiger partial charge in [-0.15, -0.1) is 11.3 Å². The molecule has 1 aromatic rings. The molecule has 1 N–H and O–H groups in total. The summed E-state index contributed by atoms with van der Waals surface area (Å²) in [7, 11) is 0. The maximum atomic E-state index is 10.7. The minimum atomic E-state index is -0.820. The van der Waals surface area contributed by atoms with Gasteiger partial charge in [0.2, 0.25) is 0 Å². The van der Waals surface area contributed by atoms with E-state index in [0.29, 0.717) is 18.1 Å². The Morgan fingerprint density at radius 3 is 3.00 bits per heavy atom. The average Bonchev–Trinajstić information content (AvgIpc) is 2.38. The number of carboxylic acids is 1. The second-order valence-electron chi connectivity index (χ2n) is 2.98. The molecule has 0 amide bonds. The van der Waals surface area contributed by atoms with E-state index in [1.54, 1.807) is 6.07 Å². The topological polar surface area (TPSA) is 46.5 Å². The molecule has 0 fully saturated rings. The Hall–Kier alpha value is -0.870. The van der Waals surface area contributed by atoms with Gasteiger partial charge < -0.3 is 9.84 Å². The number of thiophene rings is 1. The molecule has 1 aliphatic rings. The molecule has 2 heterocycles. The predicted octanol–water partition coefficient (Wildman–Crippen LogP) is 1.56. The molecule has 1 aromatic heterocycles. The molecule has 0 bridgehead atoms. The summed E-state index contributed by atoms with van der Waals surface area (Å²) in [6.45, 7) is 1.43. The normalized spacial score (nSPS) is 16.3. The summed E-state index contributed by atoms with van der Waals surface area (Å²) < 4.78 is 5.29. The number of rotatable bonds is 1. The second-order valence-corrected chi connectivity index (χ2v) is 4.11. The molecule has 0 aromatic carbocycles. The van der Waals surface area contributed by atoms with Crippen LogP contribution in [0.25, 0.3) is 0 Å². The van der Waals surface area contributed by atoms with E-state index in [1.807, 2.05) is 0 Å². The summed E-state index contributed by atoms with van der Waals surface area (Å²) in [5, 5.41) is 8.78. The highest BCUT2D eigenvalue weighted by atomic mass is 32.1. The lowest BCUT2D eigenvalue weighted by atomic mass is 10.1. The smallest absolute Gasteiger partial charge is 0.345 e. The van der Waals surface area contributed by atoms with Gasteiger partial charge in [0, 0.05) is 11.3 Å². The SMILES string of the molecule is O=C(O)c1cc2c(s1)CCOCC2. The highest BCUT2D eigenvalue weighted by molar-refractivity contribution is 7.14. The first-order valence-corrected chi connectivity index (χ1v) is 5.01. The molecular weight excluding hydrogens is 188 g/mol. The molecule has 2 rings (SSSR count). The zero-order valence-electron chi connectivity index (χ0n) is 7.08. The lowest BCUT2D eigenvalue weighted by Gasteiger charge is -1.94. The van der Waals surface area contributed by atoms with Crippen LogP contribution in [-0.2, 0) is 17.6 Å². The van der Waals surface area contributed by atoms with Crippen LogP contribution in [0.15, 0.2) is 6.07 Å². The zero-order chi connectivity index (χ0) is 9.26. The average molecular weight is 198 g/mol. The van der Waals surface area contributed by atoms with Gasteiger partial charge in [-0.3, -0.25) is 0 Å². The van der Waals surface area contributed by atoms with Crippen LogP contribution < -0.4 is 0 Å². The van der Waals surface area contributed by atoms with E-state index in [0.717, 1.165) is 18.4 Å². The summed E-state index contributed by atoms with van der Waals surface area (Å²) in [6.07, 6.45) is 1.70. The zero-order valence-corrected chi connectivity index (χ0v) is 7.89. The van der Waals surface area contributed by atoms with Crippen LogP contribution in [-0.4, -0.2) is 24.3 Å². The fourth-order valence-corrected chi connectivity index (χ4v) is 2.48. The molecular formula is C9H10O3S. The van der Waals surface area contributed by atoms with Crippen LogP contribution in [0.1, 0.15) is 20.1 Å². The maximum absolute atomic E-state index is 10.7. The van der Waals surface area contributed by atoms with Gasteiger partial charge >= 0.3 is 5.97 Å². The molecule has 0 saturated carbocycles. The molecule has 0 aliphatic carbocycles. The van der Waals surface area contributed by atoms with Gasteiger partial charge in [0.25, 0.3) is 0 Å². The number of aromatic carboxylic acids is 1. The quantitative estimate of drug-likeness (QED) is 0.745. The number of fused-ring (bicyclic) bond motifs is 1. The number of hydrogen-bond acceptors (Lipinski definition) is 3. The van der Waals surface area contributed by atoms with Crippen LogP contribution in [0.3, 0.4) is 0 Å². The Morgan fingerprint density at radius 1 is 1.46 bits per heavy atom. The molecule has 13 heavy (non-hydrogen) atoms. The van der Waals surface area contributed by atoms with Crippen LogP contribution >= 0.6 is 11.3 Å². The Morgan fingerprint density at radius 2 is 2.23 bits per heavy atom. The fourth-order valence-electron chi connectivity index (χ4n) is 1.44. The third-order valence-electron chi connectivity index (χ3n) is 2.10. The van der Waals surface area contributed by atoms with Crippen molar-refractivity contribution in [1.29, 1.82) is 0 Å². The Labute approximate surface area is 80.0 Å². The lowest BCUT2D eigenvalue weighted by Crippen LogP contribution is -1.96. The van der Waals surface area contributed by atoms with E-state index in [2.05, 4.69) is 0 Å². The van der Waals surface area contributed by atoms with Crippen LogP contribution in [0.5, 0.6) is 0 Å². The van der Waals surface area contributed by atoms with E-state index in [4.69, 9.17) is 9.84 Å². The van der Waals surface area contributed by atoms with Crippen LogP contribution in [0, 0.1) is 0 Å². The van der Waals surface area contributed by atoms with Crippen molar-refractivity contribution in [1.82, 2.24) is 0 Å². The molecule has 0 spiro atoms. The van der Waals surface area contributed by atoms with E-state index in [1.165, 1.54) is 16.2 Å². The standard InChI is InChI=1S/C9H10O3S/c10-9(11)8-5-6-1-3-12-4-2-7(6)13-8/h5H,1-4H2,(H,10,11). The van der Waals surface area contributed by atoms with Crippen molar-refractivity contribution >= 4 is 17.3 Å². The first kappa shape index (κ1) is 8.72. The van der Waals surface area contributed by atoms with Gasteiger partial charge in [0.1, 0.15) is 4.88 Å². The minimum absolute atomic E-state index is 0.451. The lowest BCUT2D eigenvalue weighted by molar-refractivity contribution is 0.0702. The minimum Gasteiger partial charge on any atom is -0.477 e. The van der Waals surface area contributed by atoms with E-state index in [9.17, 15) is 4.79 Å². The third-order valence-corrected chi connectivity index (χ3v) is 3.32. The Balaban J connectivity index is 2.32. The van der Waals surface area contributed by atoms with Gasteiger partial charge in [-0.2, -0.15) is 0 Å². The molecule has 70 valence electrons. The first-order chi connectivity index (χ1) is 6.27. The first-order valence-electron chi connectivity index (χ1n) is 4.20. The summed E-state index contributed by atoms with van der Waals surface area (Å²) in [5.74, 6) is -0.820. The van der Waals surface area contributed by atoms with Crippen molar-refractivity contribution in [3.05, 3.63) is 21.4 Å². The van der Waals surface area contributed by atoms with Crippen LogP contribution in [0.2, 0.25) is 0 Å². The van der Waals surface area contributed by atoms with Gasteiger partial charge in [0.15, 0.2) is 0 Å². The maximum Gasteiger partial charge on any atom is 0.345 e. The van der Waals surface area contributed by atoms with Gasteiger partial charge in [-0.1, -0.05) is 0 Å². The van der Waals surface area contributed by atoms with Crippen molar-refractivity contribution in [2.45, 2.75) is 12.8 Å². The number of carboxylic acid groups (broad SMARTS) is 1. The Kier molecular flexibility index (Phi) is 2.33. The summed E-state index contributed by atoms with van der Waals surface area (Å²) in [6, 6.07) is 1.77. The van der Waals surface area contributed by atoms with Crippen molar-refractivity contribution in [3.8, 4) is 0 Å². The van der Waals surface area contributed by atoms with Crippen molar-refractivity contribution in [2.24, 2.45) is 0 Å². The van der Waals surface area contributed by atoms with Crippen molar-refractivity contribution in [2.75, 3.05) is 13.2 Å². The molecule has 3 nitrogen and oxygen atoms in total. The van der Waals surface area contributed by atoms with Gasteiger partial charge in [0.05, 0.1) is 13.2 Å². The van der Waals surface area contributed by atoms with Crippen molar-refractivity contribution < 1.29 is 14.6 Å². The monoisotopic (exact) mass is 198 g/mol. The second kappa shape index (κ2) is 3.47. The van der Waals surface area contributed by atoms with Crippen LogP contribution in [0.4, 0.5) is 0 Å².